The first-order chi connectivity index (χ1) is 17.4. The van der Waals surface area contributed by atoms with Crippen LogP contribution in [0.15, 0.2) is 76.4 Å². The van der Waals surface area contributed by atoms with E-state index in [2.05, 4.69) is 103 Å². The Morgan fingerprint density at radius 2 is 1.92 bits per heavy atom. The summed E-state index contributed by atoms with van der Waals surface area (Å²) in [6, 6.07) is 18.8. The SMILES string of the molecule is CC=C(C1=NCC(C(C)c2ccccc2)C=N1)N1CCN(C(=O)c2cccc(C3CC3)c2)CC1(C)I. The normalized spacial score (nSPS) is 25.5. The molecule has 36 heavy (non-hydrogen) atoms. The summed E-state index contributed by atoms with van der Waals surface area (Å²) >= 11 is 2.49. The Morgan fingerprint density at radius 1 is 1.14 bits per heavy atom. The molecular formula is C30H35IN4O. The van der Waals surface area contributed by atoms with E-state index >= 15 is 0 Å². The summed E-state index contributed by atoms with van der Waals surface area (Å²) in [6.45, 7) is 9.34. The van der Waals surface area contributed by atoms with E-state index in [1.165, 1.54) is 24.0 Å². The number of carbonyl (C=O) groups is 1. The molecule has 3 aliphatic rings. The van der Waals surface area contributed by atoms with Crippen LogP contribution in [0.5, 0.6) is 0 Å². The highest BCUT2D eigenvalue weighted by Crippen LogP contribution is 2.40. The number of piperazine rings is 1. The predicted octanol–water partition coefficient (Wildman–Crippen LogP) is 6.28. The van der Waals surface area contributed by atoms with Gasteiger partial charge in [-0.05, 0) is 61.8 Å². The second-order valence-electron chi connectivity index (χ2n) is 10.4. The van der Waals surface area contributed by atoms with E-state index < -0.39 is 0 Å². The van der Waals surface area contributed by atoms with E-state index in [0.29, 0.717) is 30.8 Å². The molecule has 2 aromatic carbocycles. The second-order valence-corrected chi connectivity index (χ2v) is 12.7. The third-order valence-electron chi connectivity index (χ3n) is 7.71. The lowest BCUT2D eigenvalue weighted by molar-refractivity contribution is 0.0571. The lowest BCUT2D eigenvalue weighted by atomic mass is 9.88. The van der Waals surface area contributed by atoms with Crippen LogP contribution in [0, 0.1) is 5.92 Å². The Balaban J connectivity index is 1.26. The van der Waals surface area contributed by atoms with Crippen molar-refractivity contribution < 1.29 is 4.79 Å². The van der Waals surface area contributed by atoms with Crippen molar-refractivity contribution in [3.05, 3.63) is 83.1 Å². The molecule has 3 unspecified atom stereocenters. The van der Waals surface area contributed by atoms with Crippen LogP contribution in [0.1, 0.15) is 66.9 Å². The lowest BCUT2D eigenvalue weighted by Gasteiger charge is -2.48. The van der Waals surface area contributed by atoms with Crippen molar-refractivity contribution in [1.29, 1.82) is 0 Å². The molecule has 5 nitrogen and oxygen atoms in total. The lowest BCUT2D eigenvalue weighted by Crippen LogP contribution is -2.59. The molecule has 3 atom stereocenters. The smallest absolute Gasteiger partial charge is 0.254 e. The standard InChI is InChI=1S/C30H35IN4O/c1-4-27(28-32-18-26(19-33-28)21(2)22-9-6-5-7-10-22)35-16-15-34(20-30(35,3)31)29(36)25-12-8-11-24(17-25)23-13-14-23/h4-12,17-18,21,23,26H,13-16,19-20H2,1-3H3. The molecule has 0 aromatic heterocycles. The molecule has 0 N–H and O–H groups in total. The number of hydrogen-bond donors (Lipinski definition) is 0. The Bertz CT molecular complexity index is 1200. The Morgan fingerprint density at radius 3 is 2.56 bits per heavy atom. The summed E-state index contributed by atoms with van der Waals surface area (Å²) in [4.78, 5) is 27.5. The Hall–Kier alpha value is -2.48. The molecule has 2 fully saturated rings. The van der Waals surface area contributed by atoms with Gasteiger partial charge in [0, 0.05) is 37.3 Å². The van der Waals surface area contributed by atoms with Gasteiger partial charge >= 0.3 is 0 Å². The number of benzene rings is 2. The molecule has 1 amide bonds. The molecule has 1 aliphatic carbocycles. The highest BCUT2D eigenvalue weighted by Gasteiger charge is 2.40. The first kappa shape index (κ1) is 25.2. The maximum absolute atomic E-state index is 13.4. The summed E-state index contributed by atoms with van der Waals surface area (Å²) in [5, 5.41) is 0. The molecule has 2 heterocycles. The van der Waals surface area contributed by atoms with Crippen LogP contribution < -0.4 is 0 Å². The van der Waals surface area contributed by atoms with Crippen LogP contribution in [0.25, 0.3) is 0 Å². The molecule has 0 spiro atoms. The van der Waals surface area contributed by atoms with Gasteiger partial charge < -0.3 is 9.80 Å². The zero-order valence-corrected chi connectivity index (χ0v) is 23.6. The molecule has 0 radical (unpaired) electrons. The average Bonchev–Trinajstić information content (AvgIpc) is 3.76. The number of amidine groups is 1. The topological polar surface area (TPSA) is 48.3 Å². The molecule has 0 bridgehead atoms. The van der Waals surface area contributed by atoms with Crippen molar-refractivity contribution in [2.45, 2.75) is 49.0 Å². The van der Waals surface area contributed by atoms with Crippen molar-refractivity contribution in [3.8, 4) is 0 Å². The predicted molar refractivity (Wildman–Crippen MR) is 156 cm³/mol. The van der Waals surface area contributed by atoms with Gasteiger partial charge in [-0.15, -0.1) is 0 Å². The molecule has 6 heteroatoms. The van der Waals surface area contributed by atoms with Gasteiger partial charge in [-0.3, -0.25) is 9.79 Å². The fraction of sp³-hybridized carbons (Fsp3) is 0.433. The number of aliphatic imine (C=N–C) groups is 2. The maximum Gasteiger partial charge on any atom is 0.254 e. The van der Waals surface area contributed by atoms with Gasteiger partial charge in [0.2, 0.25) is 0 Å². The number of alkyl halides is 1. The van der Waals surface area contributed by atoms with Gasteiger partial charge in [0.15, 0.2) is 5.84 Å². The van der Waals surface area contributed by atoms with Crippen molar-refractivity contribution in [2.24, 2.45) is 15.9 Å². The maximum atomic E-state index is 13.4. The van der Waals surface area contributed by atoms with Crippen LogP contribution >= 0.6 is 22.6 Å². The number of halogens is 1. The monoisotopic (exact) mass is 594 g/mol. The quantitative estimate of drug-likeness (QED) is 0.225. The summed E-state index contributed by atoms with van der Waals surface area (Å²) in [5.74, 6) is 2.24. The molecule has 1 saturated carbocycles. The van der Waals surface area contributed by atoms with Gasteiger partial charge in [0.25, 0.3) is 5.91 Å². The largest absolute Gasteiger partial charge is 0.351 e. The average molecular weight is 595 g/mol. The number of carbonyl (C=O) groups excluding carboxylic acids is 1. The van der Waals surface area contributed by atoms with Gasteiger partial charge in [0.05, 0.1) is 12.2 Å². The minimum atomic E-state index is -0.256. The number of nitrogens with zero attached hydrogens (tertiary/aromatic N) is 4. The minimum absolute atomic E-state index is 0.132. The summed E-state index contributed by atoms with van der Waals surface area (Å²) < 4.78 is -0.256. The third-order valence-corrected chi connectivity index (χ3v) is 8.63. The minimum Gasteiger partial charge on any atom is -0.351 e. The first-order valence-electron chi connectivity index (χ1n) is 13.0. The molecular weight excluding hydrogens is 559 g/mol. The van der Waals surface area contributed by atoms with Crippen LogP contribution in [-0.2, 0) is 0 Å². The van der Waals surface area contributed by atoms with Gasteiger partial charge in [-0.25, -0.2) is 4.99 Å². The van der Waals surface area contributed by atoms with E-state index in [1.807, 2.05) is 17.0 Å². The van der Waals surface area contributed by atoms with E-state index in [-0.39, 0.29) is 9.45 Å². The van der Waals surface area contributed by atoms with E-state index in [0.717, 1.165) is 30.2 Å². The van der Waals surface area contributed by atoms with E-state index in [9.17, 15) is 4.79 Å². The zero-order chi connectivity index (χ0) is 25.3. The van der Waals surface area contributed by atoms with Gasteiger partial charge in [0.1, 0.15) is 3.55 Å². The number of hydrogen-bond acceptors (Lipinski definition) is 4. The first-order valence-corrected chi connectivity index (χ1v) is 14.1. The summed E-state index contributed by atoms with van der Waals surface area (Å²) in [6.07, 6.45) is 6.68. The summed E-state index contributed by atoms with van der Waals surface area (Å²) in [7, 11) is 0. The zero-order valence-electron chi connectivity index (χ0n) is 21.4. The second kappa shape index (κ2) is 10.5. The molecule has 2 aliphatic heterocycles. The molecule has 1 saturated heterocycles. The number of rotatable bonds is 6. The van der Waals surface area contributed by atoms with E-state index in [1.54, 1.807) is 0 Å². The fourth-order valence-corrected chi connectivity index (χ4v) is 6.24. The Kier molecular flexibility index (Phi) is 7.33. The molecule has 188 valence electrons. The van der Waals surface area contributed by atoms with Crippen molar-refractivity contribution in [2.75, 3.05) is 26.2 Å². The van der Waals surface area contributed by atoms with Crippen LogP contribution in [-0.4, -0.2) is 57.5 Å². The van der Waals surface area contributed by atoms with Crippen LogP contribution in [0.3, 0.4) is 0 Å². The van der Waals surface area contributed by atoms with Crippen LogP contribution in [0.2, 0.25) is 0 Å². The van der Waals surface area contributed by atoms with Gasteiger partial charge in [-0.2, -0.15) is 0 Å². The highest BCUT2D eigenvalue weighted by atomic mass is 127. The van der Waals surface area contributed by atoms with Gasteiger partial charge in [-0.1, -0.05) is 78.1 Å². The molecule has 5 rings (SSSR count). The third kappa shape index (κ3) is 5.29. The highest BCUT2D eigenvalue weighted by molar-refractivity contribution is 14.1. The Labute approximate surface area is 228 Å². The van der Waals surface area contributed by atoms with Crippen molar-refractivity contribution in [3.63, 3.8) is 0 Å². The van der Waals surface area contributed by atoms with Crippen molar-refractivity contribution >= 4 is 40.5 Å². The summed E-state index contributed by atoms with van der Waals surface area (Å²) in [5.41, 5.74) is 4.49. The number of allylic oxidation sites excluding steroid dienone is 1. The fourth-order valence-electron chi connectivity index (χ4n) is 5.33. The molecule has 2 aromatic rings. The number of amides is 1. The van der Waals surface area contributed by atoms with Crippen molar-refractivity contribution in [1.82, 2.24) is 9.80 Å². The van der Waals surface area contributed by atoms with Crippen LogP contribution in [0.4, 0.5) is 0 Å². The van der Waals surface area contributed by atoms with E-state index in [4.69, 9.17) is 9.98 Å².